The van der Waals surface area contributed by atoms with E-state index >= 15 is 0 Å². The topological polar surface area (TPSA) is 55.8 Å². The number of aryl methyl sites for hydroxylation is 1. The van der Waals surface area contributed by atoms with E-state index in [9.17, 15) is 8.42 Å². The van der Waals surface area contributed by atoms with E-state index in [1.807, 2.05) is 31.2 Å². The van der Waals surface area contributed by atoms with Crippen LogP contribution in [0, 0.1) is 6.92 Å². The second-order valence-electron chi connectivity index (χ2n) is 7.44. The smallest absolute Gasteiger partial charge is 0.243 e. The van der Waals surface area contributed by atoms with Gasteiger partial charge in [-0.25, -0.2) is 8.42 Å². The molecule has 2 aromatic rings. The Kier molecular flexibility index (Phi) is 4.97. The van der Waals surface area contributed by atoms with Crippen LogP contribution in [0.1, 0.15) is 31.2 Å². The maximum absolute atomic E-state index is 13.2. The molecule has 0 spiro atoms. The van der Waals surface area contributed by atoms with Crippen LogP contribution in [0.25, 0.3) is 0 Å². The Balaban J connectivity index is 1.53. The number of fused-ring (bicyclic) bond motifs is 2. The van der Waals surface area contributed by atoms with Crippen molar-refractivity contribution >= 4 is 10.0 Å². The van der Waals surface area contributed by atoms with E-state index in [1.54, 1.807) is 35.7 Å². The Labute approximate surface area is 161 Å². The Hall–Kier alpha value is -1.89. The standard InChI is InChI=1S/C21H25NO4S/c1-15-4-3-5-19(12-15)26-18-8-10-21(11-9-18)27(23,24)22-16-6-7-17(22)14-20(13-16)25-2/h3-5,8-12,16-17,20H,6-7,13-14H2,1-2H3. The van der Waals surface area contributed by atoms with Gasteiger partial charge >= 0.3 is 0 Å². The summed E-state index contributed by atoms with van der Waals surface area (Å²) in [4.78, 5) is 0.326. The quantitative estimate of drug-likeness (QED) is 0.774. The molecule has 0 radical (unpaired) electrons. The van der Waals surface area contributed by atoms with Crippen molar-refractivity contribution in [3.8, 4) is 11.5 Å². The SMILES string of the molecule is COC1CC2CCC(C1)N2S(=O)(=O)c1ccc(Oc2cccc(C)c2)cc1. The molecule has 2 unspecified atom stereocenters. The van der Waals surface area contributed by atoms with Crippen LogP contribution in [0.5, 0.6) is 11.5 Å². The van der Waals surface area contributed by atoms with Crippen molar-refractivity contribution in [2.45, 2.75) is 55.7 Å². The van der Waals surface area contributed by atoms with Gasteiger partial charge in [-0.1, -0.05) is 12.1 Å². The number of benzene rings is 2. The maximum Gasteiger partial charge on any atom is 0.243 e. The van der Waals surface area contributed by atoms with Gasteiger partial charge in [0.25, 0.3) is 0 Å². The van der Waals surface area contributed by atoms with E-state index in [4.69, 9.17) is 9.47 Å². The van der Waals surface area contributed by atoms with Crippen LogP contribution >= 0.6 is 0 Å². The Bertz CT molecular complexity index is 896. The molecule has 0 aliphatic carbocycles. The van der Waals surface area contributed by atoms with Crippen LogP contribution in [0.15, 0.2) is 53.4 Å². The van der Waals surface area contributed by atoms with Crippen molar-refractivity contribution in [2.24, 2.45) is 0 Å². The van der Waals surface area contributed by atoms with Gasteiger partial charge in [-0.15, -0.1) is 0 Å². The van der Waals surface area contributed by atoms with Crippen molar-refractivity contribution in [3.63, 3.8) is 0 Å². The van der Waals surface area contributed by atoms with Crippen LogP contribution in [0.2, 0.25) is 0 Å². The number of hydrogen-bond donors (Lipinski definition) is 0. The van der Waals surface area contributed by atoms with Gasteiger partial charge in [-0.05, 0) is 74.6 Å². The van der Waals surface area contributed by atoms with Gasteiger partial charge in [0.2, 0.25) is 10.0 Å². The fourth-order valence-electron chi connectivity index (χ4n) is 4.29. The molecule has 0 aromatic heterocycles. The Morgan fingerprint density at radius 1 is 0.963 bits per heavy atom. The zero-order valence-electron chi connectivity index (χ0n) is 15.7. The van der Waals surface area contributed by atoms with Crippen molar-refractivity contribution in [3.05, 3.63) is 54.1 Å². The molecular formula is C21H25NO4S. The summed E-state index contributed by atoms with van der Waals surface area (Å²) in [6, 6.07) is 14.6. The van der Waals surface area contributed by atoms with Crippen LogP contribution in [-0.4, -0.2) is 38.0 Å². The molecule has 0 saturated carbocycles. The zero-order chi connectivity index (χ0) is 19.0. The molecule has 2 fully saturated rings. The first kappa shape index (κ1) is 18.5. The second kappa shape index (κ2) is 7.26. The number of rotatable bonds is 5. The van der Waals surface area contributed by atoms with Gasteiger partial charge in [-0.2, -0.15) is 4.31 Å². The highest BCUT2D eigenvalue weighted by Crippen LogP contribution is 2.40. The minimum Gasteiger partial charge on any atom is -0.457 e. The summed E-state index contributed by atoms with van der Waals surface area (Å²) in [5, 5.41) is 0. The first-order valence-electron chi connectivity index (χ1n) is 9.38. The minimum atomic E-state index is -3.50. The lowest BCUT2D eigenvalue weighted by atomic mass is 10.0. The maximum atomic E-state index is 13.2. The van der Waals surface area contributed by atoms with Crippen LogP contribution < -0.4 is 4.74 Å². The monoisotopic (exact) mass is 387 g/mol. The molecule has 6 heteroatoms. The molecular weight excluding hydrogens is 362 g/mol. The van der Waals surface area contributed by atoms with Gasteiger partial charge < -0.3 is 9.47 Å². The van der Waals surface area contributed by atoms with E-state index in [0.29, 0.717) is 10.6 Å². The number of piperidine rings is 1. The third kappa shape index (κ3) is 3.61. The molecule has 4 rings (SSSR count). The molecule has 2 atom stereocenters. The minimum absolute atomic E-state index is 0.0434. The summed E-state index contributed by atoms with van der Waals surface area (Å²) in [5.74, 6) is 1.37. The molecule has 2 aliphatic rings. The van der Waals surface area contributed by atoms with Gasteiger partial charge in [-0.3, -0.25) is 0 Å². The Morgan fingerprint density at radius 2 is 1.63 bits per heavy atom. The first-order chi connectivity index (χ1) is 13.0. The van der Waals surface area contributed by atoms with Crippen molar-refractivity contribution in [2.75, 3.05) is 7.11 Å². The molecule has 27 heavy (non-hydrogen) atoms. The van der Waals surface area contributed by atoms with Gasteiger partial charge in [0.05, 0.1) is 11.0 Å². The Morgan fingerprint density at radius 3 is 2.22 bits per heavy atom. The third-order valence-electron chi connectivity index (χ3n) is 5.58. The largest absolute Gasteiger partial charge is 0.457 e. The highest BCUT2D eigenvalue weighted by molar-refractivity contribution is 7.89. The van der Waals surface area contributed by atoms with Gasteiger partial charge in [0.15, 0.2) is 0 Å². The van der Waals surface area contributed by atoms with Crippen molar-refractivity contribution in [1.82, 2.24) is 4.31 Å². The van der Waals surface area contributed by atoms with Gasteiger partial charge in [0, 0.05) is 19.2 Å². The lowest BCUT2D eigenvalue weighted by molar-refractivity contribution is 0.0349. The molecule has 2 heterocycles. The highest BCUT2D eigenvalue weighted by atomic mass is 32.2. The molecule has 144 valence electrons. The van der Waals surface area contributed by atoms with E-state index in [1.165, 1.54) is 0 Å². The van der Waals surface area contributed by atoms with E-state index in [2.05, 4.69) is 0 Å². The average Bonchev–Trinajstić information content (AvgIpc) is 2.94. The van der Waals surface area contributed by atoms with Crippen LogP contribution in [0.4, 0.5) is 0 Å². The number of hydrogen-bond acceptors (Lipinski definition) is 4. The molecule has 2 bridgehead atoms. The molecule has 5 nitrogen and oxygen atoms in total. The van der Waals surface area contributed by atoms with Crippen molar-refractivity contribution in [1.29, 1.82) is 0 Å². The van der Waals surface area contributed by atoms with E-state index < -0.39 is 10.0 Å². The summed E-state index contributed by atoms with van der Waals surface area (Å²) >= 11 is 0. The number of nitrogens with zero attached hydrogens (tertiary/aromatic N) is 1. The summed E-state index contributed by atoms with van der Waals surface area (Å²) in [6.07, 6.45) is 3.55. The predicted octanol–water partition coefficient (Wildman–Crippen LogP) is 4.12. The van der Waals surface area contributed by atoms with Crippen molar-refractivity contribution < 1.29 is 17.9 Å². The fourth-order valence-corrected chi connectivity index (χ4v) is 6.18. The fraction of sp³-hybridized carbons (Fsp3) is 0.429. The van der Waals surface area contributed by atoms with E-state index in [0.717, 1.165) is 37.0 Å². The zero-order valence-corrected chi connectivity index (χ0v) is 16.5. The number of ether oxygens (including phenoxy) is 2. The normalized spacial score (nSPS) is 25.5. The number of sulfonamides is 1. The second-order valence-corrected chi connectivity index (χ2v) is 9.28. The summed E-state index contributed by atoms with van der Waals surface area (Å²) in [6.45, 7) is 2.00. The summed E-state index contributed by atoms with van der Waals surface area (Å²) in [7, 11) is -1.79. The summed E-state index contributed by atoms with van der Waals surface area (Å²) in [5.41, 5.74) is 1.11. The molecule has 2 aliphatic heterocycles. The predicted molar refractivity (Wildman–Crippen MR) is 104 cm³/mol. The highest BCUT2D eigenvalue weighted by Gasteiger charge is 2.47. The van der Waals surface area contributed by atoms with E-state index in [-0.39, 0.29) is 18.2 Å². The van der Waals surface area contributed by atoms with Gasteiger partial charge in [0.1, 0.15) is 11.5 Å². The number of methoxy groups -OCH3 is 1. The molecule has 0 N–H and O–H groups in total. The first-order valence-corrected chi connectivity index (χ1v) is 10.8. The average molecular weight is 388 g/mol. The summed E-state index contributed by atoms with van der Waals surface area (Å²) < 4.78 is 39.4. The van der Waals surface area contributed by atoms with Crippen LogP contribution in [-0.2, 0) is 14.8 Å². The third-order valence-corrected chi connectivity index (χ3v) is 7.60. The molecule has 0 amide bonds. The van der Waals surface area contributed by atoms with Crippen LogP contribution in [0.3, 0.4) is 0 Å². The lowest BCUT2D eigenvalue weighted by Crippen LogP contribution is -2.48. The molecule has 2 saturated heterocycles. The lowest BCUT2D eigenvalue weighted by Gasteiger charge is -2.37. The molecule has 2 aromatic carbocycles.